The summed E-state index contributed by atoms with van der Waals surface area (Å²) in [6.07, 6.45) is 1.86. The summed E-state index contributed by atoms with van der Waals surface area (Å²) in [6.45, 7) is 10.4. The van der Waals surface area contributed by atoms with E-state index in [-0.39, 0.29) is 0 Å². The standard InChI is InChI=1S/C16H23N3/c1-5-17-16(11-19-14(4)8-9-18-19)15-7-6-12(2)13(3)10-15/h6-10,16-17H,5,11H2,1-4H3. The molecule has 1 aromatic heterocycles. The number of benzene rings is 1. The van der Waals surface area contributed by atoms with Gasteiger partial charge >= 0.3 is 0 Å². The minimum atomic E-state index is 0.308. The monoisotopic (exact) mass is 257 g/mol. The molecule has 0 bridgehead atoms. The molecule has 1 aromatic carbocycles. The highest BCUT2D eigenvalue weighted by molar-refractivity contribution is 5.31. The molecule has 0 aliphatic heterocycles. The van der Waals surface area contributed by atoms with Gasteiger partial charge in [-0.1, -0.05) is 25.1 Å². The summed E-state index contributed by atoms with van der Waals surface area (Å²) in [5.74, 6) is 0. The second-order valence-corrected chi connectivity index (χ2v) is 5.11. The first-order chi connectivity index (χ1) is 9.11. The van der Waals surface area contributed by atoms with Crippen molar-refractivity contribution in [2.24, 2.45) is 0 Å². The fraction of sp³-hybridized carbons (Fsp3) is 0.438. The molecule has 0 amide bonds. The molecular weight excluding hydrogens is 234 g/mol. The molecule has 0 radical (unpaired) electrons. The normalized spacial score (nSPS) is 12.6. The third-order valence-corrected chi connectivity index (χ3v) is 3.67. The first-order valence-corrected chi connectivity index (χ1v) is 6.90. The molecule has 1 unspecified atom stereocenters. The van der Waals surface area contributed by atoms with Gasteiger partial charge in [0.25, 0.3) is 0 Å². The zero-order chi connectivity index (χ0) is 13.8. The molecule has 0 fully saturated rings. The van der Waals surface area contributed by atoms with E-state index in [1.807, 2.05) is 12.3 Å². The molecule has 3 nitrogen and oxygen atoms in total. The van der Waals surface area contributed by atoms with Crippen LogP contribution in [-0.2, 0) is 6.54 Å². The van der Waals surface area contributed by atoms with Crippen molar-refractivity contribution >= 4 is 0 Å². The van der Waals surface area contributed by atoms with E-state index in [2.05, 4.69) is 61.0 Å². The molecule has 19 heavy (non-hydrogen) atoms. The Hall–Kier alpha value is -1.61. The summed E-state index contributed by atoms with van der Waals surface area (Å²) in [5.41, 5.74) is 5.22. The van der Waals surface area contributed by atoms with Gasteiger partial charge in [0.05, 0.1) is 12.6 Å². The second kappa shape index (κ2) is 6.02. The maximum absolute atomic E-state index is 4.38. The predicted molar refractivity (Wildman–Crippen MR) is 79.3 cm³/mol. The molecule has 1 atom stereocenters. The Morgan fingerprint density at radius 2 is 1.95 bits per heavy atom. The van der Waals surface area contributed by atoms with Crippen LogP contribution in [0.15, 0.2) is 30.5 Å². The largest absolute Gasteiger partial charge is 0.309 e. The molecule has 2 rings (SSSR count). The number of nitrogens with one attached hydrogen (secondary N) is 1. The quantitative estimate of drug-likeness (QED) is 0.891. The van der Waals surface area contributed by atoms with Crippen molar-refractivity contribution < 1.29 is 0 Å². The van der Waals surface area contributed by atoms with E-state index in [4.69, 9.17) is 0 Å². The zero-order valence-electron chi connectivity index (χ0n) is 12.3. The Morgan fingerprint density at radius 1 is 1.16 bits per heavy atom. The SMILES string of the molecule is CCNC(Cn1nccc1C)c1ccc(C)c(C)c1. The first kappa shape index (κ1) is 13.8. The Morgan fingerprint density at radius 3 is 2.53 bits per heavy atom. The van der Waals surface area contributed by atoms with Crippen LogP contribution in [0.4, 0.5) is 0 Å². The third-order valence-electron chi connectivity index (χ3n) is 3.67. The molecule has 0 saturated heterocycles. The summed E-state index contributed by atoms with van der Waals surface area (Å²) in [7, 11) is 0. The first-order valence-electron chi connectivity index (χ1n) is 6.90. The molecule has 0 saturated carbocycles. The Balaban J connectivity index is 2.24. The van der Waals surface area contributed by atoms with E-state index in [1.54, 1.807) is 0 Å². The van der Waals surface area contributed by atoms with E-state index in [9.17, 15) is 0 Å². The molecule has 2 aromatic rings. The fourth-order valence-corrected chi connectivity index (χ4v) is 2.28. The lowest BCUT2D eigenvalue weighted by atomic mass is 10.0. The topological polar surface area (TPSA) is 29.9 Å². The lowest BCUT2D eigenvalue weighted by molar-refractivity contribution is 0.442. The summed E-state index contributed by atoms with van der Waals surface area (Å²) < 4.78 is 2.06. The van der Waals surface area contributed by atoms with Crippen molar-refractivity contribution in [3.63, 3.8) is 0 Å². The smallest absolute Gasteiger partial charge is 0.0607 e. The summed E-state index contributed by atoms with van der Waals surface area (Å²) in [5, 5.41) is 7.93. The Labute approximate surface area is 115 Å². The van der Waals surface area contributed by atoms with Gasteiger partial charge in [0, 0.05) is 11.9 Å². The zero-order valence-corrected chi connectivity index (χ0v) is 12.3. The van der Waals surface area contributed by atoms with Crippen LogP contribution in [0, 0.1) is 20.8 Å². The van der Waals surface area contributed by atoms with Crippen LogP contribution < -0.4 is 5.32 Å². The third kappa shape index (κ3) is 3.24. The van der Waals surface area contributed by atoms with Crippen molar-refractivity contribution in [3.8, 4) is 0 Å². The van der Waals surface area contributed by atoms with E-state index >= 15 is 0 Å². The van der Waals surface area contributed by atoms with Gasteiger partial charge < -0.3 is 5.32 Å². The van der Waals surface area contributed by atoms with Crippen molar-refractivity contribution in [2.45, 2.75) is 40.3 Å². The predicted octanol–water partition coefficient (Wildman–Crippen LogP) is 3.16. The lowest BCUT2D eigenvalue weighted by Gasteiger charge is -2.20. The number of aryl methyl sites for hydroxylation is 3. The highest BCUT2D eigenvalue weighted by Crippen LogP contribution is 2.19. The molecule has 3 heteroatoms. The maximum Gasteiger partial charge on any atom is 0.0607 e. The van der Waals surface area contributed by atoms with Crippen molar-refractivity contribution in [1.82, 2.24) is 15.1 Å². The van der Waals surface area contributed by atoms with Crippen molar-refractivity contribution in [2.75, 3.05) is 6.54 Å². The number of hydrogen-bond acceptors (Lipinski definition) is 2. The van der Waals surface area contributed by atoms with Gasteiger partial charge in [-0.2, -0.15) is 5.10 Å². The maximum atomic E-state index is 4.38. The van der Waals surface area contributed by atoms with Gasteiger partial charge in [-0.3, -0.25) is 4.68 Å². The Bertz CT molecular complexity index is 543. The Kier molecular flexibility index (Phi) is 4.38. The summed E-state index contributed by atoms with van der Waals surface area (Å²) >= 11 is 0. The van der Waals surface area contributed by atoms with Crippen molar-refractivity contribution in [1.29, 1.82) is 0 Å². The highest BCUT2D eigenvalue weighted by Gasteiger charge is 2.13. The van der Waals surface area contributed by atoms with E-state index in [0.29, 0.717) is 6.04 Å². The van der Waals surface area contributed by atoms with Crippen LogP contribution in [0.3, 0.4) is 0 Å². The van der Waals surface area contributed by atoms with Gasteiger partial charge in [0.15, 0.2) is 0 Å². The van der Waals surface area contributed by atoms with Crippen molar-refractivity contribution in [3.05, 3.63) is 52.8 Å². The van der Waals surface area contributed by atoms with Gasteiger partial charge in [0.2, 0.25) is 0 Å². The lowest BCUT2D eigenvalue weighted by Crippen LogP contribution is -2.26. The van der Waals surface area contributed by atoms with E-state index in [0.717, 1.165) is 13.1 Å². The average molecular weight is 257 g/mol. The van der Waals surface area contributed by atoms with Gasteiger partial charge in [0.1, 0.15) is 0 Å². The molecule has 0 aliphatic carbocycles. The highest BCUT2D eigenvalue weighted by atomic mass is 15.3. The average Bonchev–Trinajstić information content (AvgIpc) is 2.78. The summed E-state index contributed by atoms with van der Waals surface area (Å²) in [4.78, 5) is 0. The van der Waals surface area contributed by atoms with Crippen LogP contribution in [0.5, 0.6) is 0 Å². The minimum Gasteiger partial charge on any atom is -0.309 e. The summed E-state index contributed by atoms with van der Waals surface area (Å²) in [6, 6.07) is 9.05. The number of rotatable bonds is 5. The molecule has 0 spiro atoms. The van der Waals surface area contributed by atoms with E-state index < -0.39 is 0 Å². The van der Waals surface area contributed by atoms with Crippen LogP contribution in [0.25, 0.3) is 0 Å². The molecule has 0 aliphatic rings. The van der Waals surface area contributed by atoms with Crippen LogP contribution in [0.1, 0.15) is 35.3 Å². The van der Waals surface area contributed by atoms with Crippen LogP contribution in [-0.4, -0.2) is 16.3 Å². The molecule has 1 N–H and O–H groups in total. The minimum absolute atomic E-state index is 0.308. The number of likely N-dealkylation sites (N-methyl/N-ethyl adjacent to an activating group) is 1. The number of aromatic nitrogens is 2. The van der Waals surface area contributed by atoms with Crippen LogP contribution >= 0.6 is 0 Å². The molecule has 102 valence electrons. The second-order valence-electron chi connectivity index (χ2n) is 5.11. The molecular formula is C16H23N3. The van der Waals surface area contributed by atoms with Gasteiger partial charge in [-0.25, -0.2) is 0 Å². The number of hydrogen-bond donors (Lipinski definition) is 1. The van der Waals surface area contributed by atoms with Gasteiger partial charge in [-0.15, -0.1) is 0 Å². The van der Waals surface area contributed by atoms with E-state index in [1.165, 1.54) is 22.4 Å². The number of nitrogens with zero attached hydrogens (tertiary/aromatic N) is 2. The molecule has 1 heterocycles. The van der Waals surface area contributed by atoms with Crippen LogP contribution in [0.2, 0.25) is 0 Å². The van der Waals surface area contributed by atoms with Gasteiger partial charge in [-0.05, 0) is 50.1 Å². The fourth-order valence-electron chi connectivity index (χ4n) is 2.28.